The first-order valence-corrected chi connectivity index (χ1v) is 7.13. The number of benzene rings is 2. The molecule has 1 unspecified atom stereocenters. The molecule has 1 aromatic heterocycles. The predicted molar refractivity (Wildman–Crippen MR) is 87.2 cm³/mol. The van der Waals surface area contributed by atoms with E-state index in [1.807, 2.05) is 36.4 Å². The monoisotopic (exact) mass is 294 g/mol. The van der Waals surface area contributed by atoms with Crippen molar-refractivity contribution in [2.24, 2.45) is 5.73 Å². The average Bonchev–Trinajstić information content (AvgIpc) is 2.56. The van der Waals surface area contributed by atoms with Crippen molar-refractivity contribution in [1.82, 2.24) is 4.98 Å². The van der Waals surface area contributed by atoms with E-state index in [1.165, 1.54) is 0 Å². The summed E-state index contributed by atoms with van der Waals surface area (Å²) in [5, 5.41) is 0.721. The molecule has 0 saturated heterocycles. The van der Waals surface area contributed by atoms with Gasteiger partial charge in [0.2, 0.25) is 0 Å². The molecule has 0 saturated carbocycles. The second-order valence-electron chi connectivity index (χ2n) is 4.89. The van der Waals surface area contributed by atoms with Crippen LogP contribution in [0.1, 0.15) is 17.2 Å². The summed E-state index contributed by atoms with van der Waals surface area (Å²) in [4.78, 5) is 4.03. The normalized spacial score (nSPS) is 12.1. The summed E-state index contributed by atoms with van der Waals surface area (Å²) in [6, 6.07) is 19.8. The molecule has 0 spiro atoms. The molecular weight excluding hydrogens is 280 g/mol. The second kappa shape index (κ2) is 6.08. The van der Waals surface area contributed by atoms with E-state index in [9.17, 15) is 0 Å². The number of nitrogens with two attached hydrogens (primary N) is 1. The molecule has 1 heterocycles. The zero-order chi connectivity index (χ0) is 14.7. The number of rotatable bonds is 3. The van der Waals surface area contributed by atoms with Gasteiger partial charge in [-0.2, -0.15) is 0 Å². The molecular formula is C18H15ClN2. The molecule has 0 aliphatic carbocycles. The Labute approximate surface area is 129 Å². The van der Waals surface area contributed by atoms with Crippen molar-refractivity contribution < 1.29 is 0 Å². The molecule has 2 N–H and O–H groups in total. The fourth-order valence-corrected chi connectivity index (χ4v) is 2.42. The fourth-order valence-electron chi connectivity index (χ4n) is 2.29. The summed E-state index contributed by atoms with van der Waals surface area (Å²) in [7, 11) is 0. The Bertz CT molecular complexity index is 706. The highest BCUT2D eigenvalue weighted by Gasteiger charge is 2.09. The lowest BCUT2D eigenvalue weighted by molar-refractivity contribution is 0.872. The van der Waals surface area contributed by atoms with Gasteiger partial charge in [-0.3, -0.25) is 4.98 Å². The summed E-state index contributed by atoms with van der Waals surface area (Å²) in [6.07, 6.45) is 3.59. The molecule has 0 aliphatic heterocycles. The third kappa shape index (κ3) is 3.13. The van der Waals surface area contributed by atoms with Crippen LogP contribution in [0.4, 0.5) is 0 Å². The molecule has 104 valence electrons. The summed E-state index contributed by atoms with van der Waals surface area (Å²) >= 11 is 5.91. The van der Waals surface area contributed by atoms with E-state index in [0.717, 1.165) is 27.3 Å². The van der Waals surface area contributed by atoms with Crippen molar-refractivity contribution in [3.63, 3.8) is 0 Å². The first kappa shape index (κ1) is 13.8. The lowest BCUT2D eigenvalue weighted by atomic mass is 9.97. The molecule has 3 heteroatoms. The zero-order valence-electron chi connectivity index (χ0n) is 11.4. The Morgan fingerprint density at radius 2 is 1.19 bits per heavy atom. The van der Waals surface area contributed by atoms with Gasteiger partial charge < -0.3 is 5.73 Å². The van der Waals surface area contributed by atoms with Gasteiger partial charge in [-0.05, 0) is 46.5 Å². The number of aromatic nitrogens is 1. The molecule has 1 atom stereocenters. The van der Waals surface area contributed by atoms with Crippen LogP contribution < -0.4 is 5.73 Å². The van der Waals surface area contributed by atoms with Gasteiger partial charge in [0.05, 0.1) is 6.04 Å². The van der Waals surface area contributed by atoms with Crippen LogP contribution in [0.25, 0.3) is 11.1 Å². The summed E-state index contributed by atoms with van der Waals surface area (Å²) in [6.45, 7) is 0. The van der Waals surface area contributed by atoms with Gasteiger partial charge in [-0.15, -0.1) is 0 Å². The quantitative estimate of drug-likeness (QED) is 0.775. The van der Waals surface area contributed by atoms with E-state index in [1.54, 1.807) is 12.4 Å². The first-order chi connectivity index (χ1) is 10.2. The lowest BCUT2D eigenvalue weighted by Crippen LogP contribution is -2.11. The minimum Gasteiger partial charge on any atom is -0.320 e. The standard InChI is InChI=1S/C18H15ClN2/c19-17-7-5-16(6-8-17)18(20)15-3-1-13(2-4-15)14-9-11-21-12-10-14/h1-12,18H,20H2. The van der Waals surface area contributed by atoms with Crippen LogP contribution in [-0.4, -0.2) is 4.98 Å². The van der Waals surface area contributed by atoms with E-state index in [2.05, 4.69) is 29.2 Å². The highest BCUT2D eigenvalue weighted by Crippen LogP contribution is 2.24. The van der Waals surface area contributed by atoms with Crippen molar-refractivity contribution in [3.05, 3.63) is 89.2 Å². The summed E-state index contributed by atoms with van der Waals surface area (Å²) in [5.41, 5.74) is 10.7. The smallest absolute Gasteiger partial charge is 0.0551 e. The van der Waals surface area contributed by atoms with Crippen LogP contribution in [-0.2, 0) is 0 Å². The second-order valence-corrected chi connectivity index (χ2v) is 5.32. The average molecular weight is 295 g/mol. The van der Waals surface area contributed by atoms with Crippen LogP contribution in [0.15, 0.2) is 73.1 Å². The molecule has 0 fully saturated rings. The lowest BCUT2D eigenvalue weighted by Gasteiger charge is -2.13. The van der Waals surface area contributed by atoms with Gasteiger partial charge in [0.1, 0.15) is 0 Å². The van der Waals surface area contributed by atoms with Gasteiger partial charge in [-0.1, -0.05) is 48.0 Å². The van der Waals surface area contributed by atoms with Crippen LogP contribution in [0.2, 0.25) is 5.02 Å². The third-order valence-electron chi connectivity index (χ3n) is 3.51. The van der Waals surface area contributed by atoms with Crippen molar-refractivity contribution in [2.45, 2.75) is 6.04 Å². The topological polar surface area (TPSA) is 38.9 Å². The molecule has 0 bridgehead atoms. The number of hydrogen-bond acceptors (Lipinski definition) is 2. The Kier molecular flexibility index (Phi) is 4.00. The predicted octanol–water partition coefficient (Wildman–Crippen LogP) is 4.45. The van der Waals surface area contributed by atoms with Gasteiger partial charge in [0, 0.05) is 17.4 Å². The SMILES string of the molecule is NC(c1ccc(Cl)cc1)c1ccc(-c2ccncc2)cc1. The largest absolute Gasteiger partial charge is 0.320 e. The maximum atomic E-state index is 6.30. The molecule has 0 amide bonds. The minimum absolute atomic E-state index is 0.145. The van der Waals surface area contributed by atoms with Gasteiger partial charge in [0.25, 0.3) is 0 Å². The van der Waals surface area contributed by atoms with Gasteiger partial charge >= 0.3 is 0 Å². The molecule has 0 aliphatic rings. The fraction of sp³-hybridized carbons (Fsp3) is 0.0556. The van der Waals surface area contributed by atoms with Crippen molar-refractivity contribution >= 4 is 11.6 Å². The molecule has 2 nitrogen and oxygen atoms in total. The zero-order valence-corrected chi connectivity index (χ0v) is 12.2. The van der Waals surface area contributed by atoms with E-state index in [-0.39, 0.29) is 6.04 Å². The molecule has 3 aromatic rings. The van der Waals surface area contributed by atoms with Crippen molar-refractivity contribution in [2.75, 3.05) is 0 Å². The van der Waals surface area contributed by atoms with Gasteiger partial charge in [0.15, 0.2) is 0 Å². The Morgan fingerprint density at radius 3 is 1.76 bits per heavy atom. The minimum atomic E-state index is -0.145. The Balaban J connectivity index is 1.85. The van der Waals surface area contributed by atoms with Crippen molar-refractivity contribution in [3.8, 4) is 11.1 Å². The van der Waals surface area contributed by atoms with E-state index in [4.69, 9.17) is 17.3 Å². The molecule has 21 heavy (non-hydrogen) atoms. The third-order valence-corrected chi connectivity index (χ3v) is 3.76. The van der Waals surface area contributed by atoms with Crippen LogP contribution in [0.5, 0.6) is 0 Å². The van der Waals surface area contributed by atoms with Gasteiger partial charge in [-0.25, -0.2) is 0 Å². The summed E-state index contributed by atoms with van der Waals surface area (Å²) < 4.78 is 0. The van der Waals surface area contributed by atoms with Crippen LogP contribution in [0.3, 0.4) is 0 Å². The highest BCUT2D eigenvalue weighted by atomic mass is 35.5. The van der Waals surface area contributed by atoms with E-state index < -0.39 is 0 Å². The van der Waals surface area contributed by atoms with Crippen LogP contribution >= 0.6 is 11.6 Å². The molecule has 3 rings (SSSR count). The van der Waals surface area contributed by atoms with E-state index in [0.29, 0.717) is 0 Å². The van der Waals surface area contributed by atoms with Crippen LogP contribution in [0, 0.1) is 0 Å². The molecule has 0 radical (unpaired) electrons. The number of nitrogens with zero attached hydrogens (tertiary/aromatic N) is 1. The Hall–Kier alpha value is -2.16. The maximum absolute atomic E-state index is 6.30. The molecule has 2 aromatic carbocycles. The Morgan fingerprint density at radius 1 is 0.714 bits per heavy atom. The summed E-state index contributed by atoms with van der Waals surface area (Å²) in [5.74, 6) is 0. The number of halogens is 1. The maximum Gasteiger partial charge on any atom is 0.0551 e. The highest BCUT2D eigenvalue weighted by molar-refractivity contribution is 6.30. The number of hydrogen-bond donors (Lipinski definition) is 1. The number of pyridine rings is 1. The van der Waals surface area contributed by atoms with E-state index >= 15 is 0 Å². The van der Waals surface area contributed by atoms with Crippen molar-refractivity contribution in [1.29, 1.82) is 0 Å². The first-order valence-electron chi connectivity index (χ1n) is 6.75.